The summed E-state index contributed by atoms with van der Waals surface area (Å²) in [6.45, 7) is 8.07. The molecule has 2 aliphatic heterocycles. The van der Waals surface area contributed by atoms with Gasteiger partial charge in [0.05, 0.1) is 6.10 Å². The summed E-state index contributed by atoms with van der Waals surface area (Å²) in [5.41, 5.74) is 6.34. The van der Waals surface area contributed by atoms with Crippen molar-refractivity contribution in [1.82, 2.24) is 4.90 Å². The van der Waals surface area contributed by atoms with Crippen LogP contribution in [0.3, 0.4) is 0 Å². The van der Waals surface area contributed by atoms with E-state index in [1.807, 2.05) is 0 Å². The van der Waals surface area contributed by atoms with Crippen LogP contribution in [0.25, 0.3) is 0 Å². The Labute approximate surface area is 117 Å². The van der Waals surface area contributed by atoms with E-state index in [1.54, 1.807) is 0 Å². The molecule has 5 unspecified atom stereocenters. The van der Waals surface area contributed by atoms with Gasteiger partial charge in [-0.2, -0.15) is 0 Å². The average molecular weight is 266 g/mol. The lowest BCUT2D eigenvalue weighted by atomic mass is 9.78. The van der Waals surface area contributed by atoms with Gasteiger partial charge in [-0.3, -0.25) is 4.90 Å². The van der Waals surface area contributed by atoms with E-state index in [0.717, 1.165) is 24.5 Å². The lowest BCUT2D eigenvalue weighted by molar-refractivity contribution is -0.0455. The molecule has 0 radical (unpaired) electrons. The molecule has 3 rings (SSSR count). The standard InChI is InChI=1S/C16H30N2O/c1-11(2)16-8-13(6-7-19-16)18-9-12-4-3-5-15(17)14(12)10-18/h11-16H,3-10,17H2,1-2H3. The Morgan fingerprint density at radius 1 is 1.16 bits per heavy atom. The maximum Gasteiger partial charge on any atom is 0.0612 e. The van der Waals surface area contributed by atoms with Crippen LogP contribution in [0.5, 0.6) is 0 Å². The summed E-state index contributed by atoms with van der Waals surface area (Å²) in [7, 11) is 0. The minimum Gasteiger partial charge on any atom is -0.378 e. The second-order valence-corrected chi connectivity index (χ2v) is 7.30. The fourth-order valence-electron chi connectivity index (χ4n) is 4.46. The Morgan fingerprint density at radius 2 is 2.00 bits per heavy atom. The molecule has 3 heteroatoms. The number of nitrogens with zero attached hydrogens (tertiary/aromatic N) is 1. The first kappa shape index (κ1) is 13.8. The van der Waals surface area contributed by atoms with Crippen LogP contribution in [0, 0.1) is 17.8 Å². The molecule has 2 heterocycles. The fourth-order valence-corrected chi connectivity index (χ4v) is 4.46. The van der Waals surface area contributed by atoms with E-state index in [1.165, 1.54) is 45.2 Å². The summed E-state index contributed by atoms with van der Waals surface area (Å²) >= 11 is 0. The van der Waals surface area contributed by atoms with Crippen molar-refractivity contribution in [2.75, 3.05) is 19.7 Å². The molecule has 5 atom stereocenters. The topological polar surface area (TPSA) is 38.5 Å². The molecule has 19 heavy (non-hydrogen) atoms. The van der Waals surface area contributed by atoms with E-state index in [9.17, 15) is 0 Å². The van der Waals surface area contributed by atoms with Crippen LogP contribution in [0.4, 0.5) is 0 Å². The first-order valence-corrected chi connectivity index (χ1v) is 8.26. The zero-order valence-corrected chi connectivity index (χ0v) is 12.6. The monoisotopic (exact) mass is 266 g/mol. The Bertz CT molecular complexity index is 307. The van der Waals surface area contributed by atoms with Gasteiger partial charge in [-0.1, -0.05) is 20.3 Å². The molecule has 110 valence electrons. The largest absolute Gasteiger partial charge is 0.378 e. The first-order chi connectivity index (χ1) is 9.15. The third-order valence-electron chi connectivity index (χ3n) is 5.73. The molecule has 0 aromatic carbocycles. The molecular formula is C16H30N2O. The van der Waals surface area contributed by atoms with Crippen molar-refractivity contribution in [3.8, 4) is 0 Å². The Hall–Kier alpha value is -0.120. The number of nitrogens with two attached hydrogens (primary N) is 1. The fraction of sp³-hybridized carbons (Fsp3) is 1.00. The van der Waals surface area contributed by atoms with Gasteiger partial charge < -0.3 is 10.5 Å². The maximum absolute atomic E-state index is 6.34. The summed E-state index contributed by atoms with van der Waals surface area (Å²) in [5.74, 6) is 2.30. The van der Waals surface area contributed by atoms with Crippen molar-refractivity contribution in [1.29, 1.82) is 0 Å². The van der Waals surface area contributed by atoms with Gasteiger partial charge in [0.15, 0.2) is 0 Å². The van der Waals surface area contributed by atoms with Crippen LogP contribution in [0.2, 0.25) is 0 Å². The van der Waals surface area contributed by atoms with Gasteiger partial charge in [0.25, 0.3) is 0 Å². The number of likely N-dealkylation sites (tertiary alicyclic amines) is 1. The Kier molecular flexibility index (Phi) is 4.16. The van der Waals surface area contributed by atoms with Crippen LogP contribution in [-0.2, 0) is 4.74 Å². The van der Waals surface area contributed by atoms with E-state index >= 15 is 0 Å². The highest BCUT2D eigenvalue weighted by Gasteiger charge is 2.41. The van der Waals surface area contributed by atoms with E-state index in [2.05, 4.69) is 18.7 Å². The van der Waals surface area contributed by atoms with Crippen molar-refractivity contribution in [3.05, 3.63) is 0 Å². The molecule has 1 saturated carbocycles. The SMILES string of the molecule is CC(C)C1CC(N2CC3CCCC(N)C3C2)CCO1. The molecule has 0 spiro atoms. The first-order valence-electron chi connectivity index (χ1n) is 8.26. The van der Waals surface area contributed by atoms with Crippen LogP contribution in [0.15, 0.2) is 0 Å². The highest BCUT2D eigenvalue weighted by molar-refractivity contribution is 4.96. The summed E-state index contributed by atoms with van der Waals surface area (Å²) in [6, 6.07) is 1.21. The quantitative estimate of drug-likeness (QED) is 0.833. The van der Waals surface area contributed by atoms with E-state index < -0.39 is 0 Å². The van der Waals surface area contributed by atoms with Gasteiger partial charge >= 0.3 is 0 Å². The van der Waals surface area contributed by atoms with Crippen LogP contribution < -0.4 is 5.73 Å². The van der Waals surface area contributed by atoms with Gasteiger partial charge in [0.1, 0.15) is 0 Å². The number of ether oxygens (including phenoxy) is 1. The molecule has 3 fully saturated rings. The summed E-state index contributed by atoms with van der Waals surface area (Å²) < 4.78 is 5.92. The van der Waals surface area contributed by atoms with Crippen LogP contribution in [0.1, 0.15) is 46.0 Å². The van der Waals surface area contributed by atoms with E-state index in [-0.39, 0.29) is 0 Å². The number of fused-ring (bicyclic) bond motifs is 1. The van der Waals surface area contributed by atoms with Crippen molar-refractivity contribution >= 4 is 0 Å². The Balaban J connectivity index is 1.61. The van der Waals surface area contributed by atoms with Crippen molar-refractivity contribution < 1.29 is 4.74 Å². The number of hydrogen-bond acceptors (Lipinski definition) is 3. The Morgan fingerprint density at radius 3 is 2.74 bits per heavy atom. The zero-order valence-electron chi connectivity index (χ0n) is 12.6. The maximum atomic E-state index is 6.34. The molecule has 0 aromatic heterocycles. The molecule has 0 aromatic rings. The average Bonchev–Trinajstić information content (AvgIpc) is 2.84. The zero-order chi connectivity index (χ0) is 13.4. The minimum atomic E-state index is 0.462. The normalized spacial score (nSPS) is 44.5. The van der Waals surface area contributed by atoms with Gasteiger partial charge in [-0.25, -0.2) is 0 Å². The third kappa shape index (κ3) is 2.84. The van der Waals surface area contributed by atoms with E-state index in [0.29, 0.717) is 18.1 Å². The molecular weight excluding hydrogens is 236 g/mol. The summed E-state index contributed by atoms with van der Waals surface area (Å²) in [5, 5.41) is 0. The smallest absolute Gasteiger partial charge is 0.0612 e. The molecule has 3 nitrogen and oxygen atoms in total. The lowest BCUT2D eigenvalue weighted by Crippen LogP contribution is -2.43. The lowest BCUT2D eigenvalue weighted by Gasteiger charge is -2.37. The molecule has 2 N–H and O–H groups in total. The summed E-state index contributed by atoms with van der Waals surface area (Å²) in [6.07, 6.45) is 6.92. The predicted octanol–water partition coefficient (Wildman–Crippen LogP) is 2.25. The van der Waals surface area contributed by atoms with Crippen LogP contribution in [-0.4, -0.2) is 42.8 Å². The molecule has 0 bridgehead atoms. The molecule has 2 saturated heterocycles. The predicted molar refractivity (Wildman–Crippen MR) is 78.0 cm³/mol. The highest BCUT2D eigenvalue weighted by atomic mass is 16.5. The van der Waals surface area contributed by atoms with E-state index in [4.69, 9.17) is 10.5 Å². The van der Waals surface area contributed by atoms with Gasteiger partial charge in [-0.15, -0.1) is 0 Å². The van der Waals surface area contributed by atoms with Gasteiger partial charge in [-0.05, 0) is 43.4 Å². The van der Waals surface area contributed by atoms with Gasteiger partial charge in [0.2, 0.25) is 0 Å². The minimum absolute atomic E-state index is 0.462. The highest BCUT2D eigenvalue weighted by Crippen LogP contribution is 2.38. The van der Waals surface area contributed by atoms with Crippen molar-refractivity contribution in [2.24, 2.45) is 23.5 Å². The van der Waals surface area contributed by atoms with Crippen molar-refractivity contribution in [3.63, 3.8) is 0 Å². The van der Waals surface area contributed by atoms with Gasteiger partial charge in [0, 0.05) is 31.8 Å². The third-order valence-corrected chi connectivity index (χ3v) is 5.73. The van der Waals surface area contributed by atoms with Crippen LogP contribution >= 0.6 is 0 Å². The molecule has 0 amide bonds. The van der Waals surface area contributed by atoms with Crippen molar-refractivity contribution in [2.45, 2.75) is 64.1 Å². The second kappa shape index (κ2) is 5.71. The second-order valence-electron chi connectivity index (χ2n) is 7.30. The number of rotatable bonds is 2. The molecule has 3 aliphatic rings. The molecule has 1 aliphatic carbocycles. The summed E-state index contributed by atoms with van der Waals surface area (Å²) in [4.78, 5) is 2.75. The number of hydrogen-bond donors (Lipinski definition) is 1.